The van der Waals surface area contributed by atoms with Crippen LogP contribution in [0, 0.1) is 13.8 Å². The van der Waals surface area contributed by atoms with Crippen LogP contribution in [0.1, 0.15) is 47.7 Å². The number of ether oxygens (including phenoxy) is 1. The highest BCUT2D eigenvalue weighted by Gasteiger charge is 2.32. The van der Waals surface area contributed by atoms with Crippen LogP contribution in [0.3, 0.4) is 0 Å². The lowest BCUT2D eigenvalue weighted by molar-refractivity contribution is 0.166. The summed E-state index contributed by atoms with van der Waals surface area (Å²) in [5.41, 5.74) is 7.84. The van der Waals surface area contributed by atoms with Crippen LogP contribution in [-0.4, -0.2) is 6.10 Å². The van der Waals surface area contributed by atoms with Gasteiger partial charge in [0.05, 0.1) is 5.69 Å². The normalized spacial score (nSPS) is 22.1. The molecule has 2 unspecified atom stereocenters. The van der Waals surface area contributed by atoms with Crippen LogP contribution < -0.4 is 9.80 Å². The first-order valence-corrected chi connectivity index (χ1v) is 10.8. The highest BCUT2D eigenvalue weighted by atomic mass is 16.7. The van der Waals surface area contributed by atoms with Crippen molar-refractivity contribution in [3.63, 3.8) is 0 Å². The molecule has 0 N–H and O–H groups in total. The van der Waals surface area contributed by atoms with Crippen molar-refractivity contribution in [3.8, 4) is 5.75 Å². The molecule has 3 nitrogen and oxygen atoms in total. The van der Waals surface area contributed by atoms with E-state index in [2.05, 4.69) is 93.6 Å². The summed E-state index contributed by atoms with van der Waals surface area (Å²) in [7, 11) is 0. The molecule has 2 aliphatic rings. The summed E-state index contributed by atoms with van der Waals surface area (Å²) in [5, 5.41) is 2.03. The molecular formula is C28H27NO2. The molecule has 0 aliphatic carbocycles. The number of aryl methyl sites for hydroxylation is 2. The Kier molecular flexibility index (Phi) is 4.82. The number of nitrogens with zero attached hydrogens (tertiary/aromatic N) is 1. The maximum absolute atomic E-state index is 6.68. The topological polar surface area (TPSA) is 21.7 Å². The highest BCUT2D eigenvalue weighted by molar-refractivity contribution is 5.75. The van der Waals surface area contributed by atoms with Crippen molar-refractivity contribution in [2.45, 2.75) is 39.8 Å². The Bertz CT molecular complexity index is 1190. The molecular weight excluding hydrogens is 382 g/mol. The van der Waals surface area contributed by atoms with Gasteiger partial charge in [0.15, 0.2) is 0 Å². The maximum atomic E-state index is 6.68. The second kappa shape index (κ2) is 7.66. The van der Waals surface area contributed by atoms with E-state index in [1.165, 1.54) is 5.56 Å². The van der Waals surface area contributed by atoms with Crippen LogP contribution >= 0.6 is 0 Å². The van der Waals surface area contributed by atoms with Gasteiger partial charge in [-0.25, -0.2) is 0 Å². The van der Waals surface area contributed by atoms with E-state index in [9.17, 15) is 0 Å². The van der Waals surface area contributed by atoms with Gasteiger partial charge in [-0.05, 0) is 51.0 Å². The Morgan fingerprint density at radius 3 is 2.42 bits per heavy atom. The third kappa shape index (κ3) is 3.40. The molecule has 0 radical (unpaired) electrons. The Hall–Kier alpha value is -3.46. The molecule has 156 valence electrons. The van der Waals surface area contributed by atoms with Crippen LogP contribution in [-0.2, 0) is 4.84 Å². The van der Waals surface area contributed by atoms with Gasteiger partial charge in [0.2, 0.25) is 0 Å². The number of para-hydroxylation sites is 1. The largest absolute Gasteiger partial charge is 0.485 e. The van der Waals surface area contributed by atoms with Crippen molar-refractivity contribution < 1.29 is 9.57 Å². The molecule has 0 saturated heterocycles. The van der Waals surface area contributed by atoms with Crippen LogP contribution in [0.25, 0.3) is 11.6 Å². The third-order valence-corrected chi connectivity index (χ3v) is 6.05. The predicted molar refractivity (Wildman–Crippen MR) is 127 cm³/mol. The number of anilines is 1. The fraction of sp³-hybridized carbons (Fsp3) is 0.214. The van der Waals surface area contributed by atoms with E-state index in [1.54, 1.807) is 0 Å². The van der Waals surface area contributed by atoms with Gasteiger partial charge >= 0.3 is 0 Å². The number of hydroxylamine groups is 1. The van der Waals surface area contributed by atoms with Crippen molar-refractivity contribution in [2.75, 3.05) is 5.06 Å². The fourth-order valence-electron chi connectivity index (χ4n) is 4.73. The molecule has 5 rings (SSSR count). The highest BCUT2D eigenvalue weighted by Crippen LogP contribution is 2.44. The predicted octanol–water partition coefficient (Wildman–Crippen LogP) is 7.02. The van der Waals surface area contributed by atoms with E-state index >= 15 is 0 Å². The second-order valence-electron chi connectivity index (χ2n) is 8.38. The molecule has 0 bridgehead atoms. The zero-order valence-corrected chi connectivity index (χ0v) is 18.4. The van der Waals surface area contributed by atoms with Gasteiger partial charge in [-0.15, -0.1) is 0 Å². The number of hydrogen-bond donors (Lipinski definition) is 0. The van der Waals surface area contributed by atoms with Gasteiger partial charge in [-0.3, -0.25) is 0 Å². The molecule has 3 heteroatoms. The Balaban J connectivity index is 1.76. The first kappa shape index (κ1) is 19.5. The van der Waals surface area contributed by atoms with E-state index in [0.29, 0.717) is 0 Å². The summed E-state index contributed by atoms with van der Waals surface area (Å²) in [5.74, 6) is 1.78. The summed E-state index contributed by atoms with van der Waals surface area (Å²) in [4.78, 5) is 6.66. The summed E-state index contributed by atoms with van der Waals surface area (Å²) >= 11 is 0. The van der Waals surface area contributed by atoms with Gasteiger partial charge in [0.25, 0.3) is 0 Å². The number of fused-ring (bicyclic) bond motifs is 5. The summed E-state index contributed by atoms with van der Waals surface area (Å²) in [6.07, 6.45) is 4.22. The van der Waals surface area contributed by atoms with Crippen molar-refractivity contribution in [2.24, 2.45) is 0 Å². The molecule has 3 aromatic carbocycles. The Morgan fingerprint density at radius 2 is 1.61 bits per heavy atom. The minimum atomic E-state index is -0.164. The van der Waals surface area contributed by atoms with Gasteiger partial charge in [0, 0.05) is 16.7 Å². The molecule has 2 aliphatic heterocycles. The molecule has 2 atom stereocenters. The van der Waals surface area contributed by atoms with E-state index < -0.39 is 0 Å². The lowest BCUT2D eigenvalue weighted by Crippen LogP contribution is -2.30. The zero-order chi connectivity index (χ0) is 21.5. The molecule has 0 spiro atoms. The molecule has 0 fully saturated rings. The summed E-state index contributed by atoms with van der Waals surface area (Å²) in [6.45, 7) is 8.40. The molecule has 3 aromatic rings. The first-order valence-electron chi connectivity index (χ1n) is 10.8. The van der Waals surface area contributed by atoms with E-state index in [1.807, 2.05) is 18.1 Å². The number of allylic oxidation sites excluding steroid dienone is 1. The third-order valence-electron chi connectivity index (χ3n) is 6.05. The summed E-state index contributed by atoms with van der Waals surface area (Å²) in [6, 6.07) is 23.1. The van der Waals surface area contributed by atoms with Gasteiger partial charge < -0.3 is 9.57 Å². The quantitative estimate of drug-likeness (QED) is 0.431. The first-order chi connectivity index (χ1) is 15.0. The van der Waals surface area contributed by atoms with Crippen molar-refractivity contribution in [3.05, 3.63) is 106 Å². The number of rotatable bonds is 1. The average molecular weight is 410 g/mol. The number of hydrogen-bond acceptors (Lipinski definition) is 3. The Labute approximate surface area is 184 Å². The second-order valence-corrected chi connectivity index (χ2v) is 8.38. The molecule has 31 heavy (non-hydrogen) atoms. The molecule has 0 amide bonds. The van der Waals surface area contributed by atoms with Gasteiger partial charge in [-0.1, -0.05) is 72.3 Å². The van der Waals surface area contributed by atoms with Crippen molar-refractivity contribution in [1.29, 1.82) is 0 Å². The Morgan fingerprint density at radius 1 is 0.871 bits per heavy atom. The minimum absolute atomic E-state index is 0.0826. The van der Waals surface area contributed by atoms with Crippen LogP contribution in [0.2, 0.25) is 0 Å². The van der Waals surface area contributed by atoms with E-state index in [4.69, 9.17) is 9.57 Å². The lowest BCUT2D eigenvalue weighted by Gasteiger charge is -2.35. The monoisotopic (exact) mass is 409 g/mol. The maximum Gasteiger partial charge on any atom is 0.136 e. The van der Waals surface area contributed by atoms with Crippen molar-refractivity contribution in [1.82, 2.24) is 0 Å². The molecule has 2 heterocycles. The molecule has 0 saturated carbocycles. The fourth-order valence-corrected chi connectivity index (χ4v) is 4.73. The van der Waals surface area contributed by atoms with E-state index in [-0.39, 0.29) is 12.1 Å². The smallest absolute Gasteiger partial charge is 0.136 e. The van der Waals surface area contributed by atoms with Crippen LogP contribution in [0.4, 0.5) is 5.69 Å². The standard InChI is InChI=1S/C28H27NO2/c1-18-16-19(2)28-24(17-18)26-15-14-22-10-8-9-13-25(22)29(26)31-21(4)27(20(3)30-28)23-11-6-5-7-12-23/h5-17,20,26H,1-4H3/b27-21+. The number of benzene rings is 3. The summed E-state index contributed by atoms with van der Waals surface area (Å²) < 4.78 is 6.68. The van der Waals surface area contributed by atoms with E-state index in [0.717, 1.165) is 45.0 Å². The van der Waals surface area contributed by atoms with Gasteiger partial charge in [0.1, 0.15) is 23.7 Å². The molecule has 0 aromatic heterocycles. The van der Waals surface area contributed by atoms with Gasteiger partial charge in [-0.2, -0.15) is 5.06 Å². The van der Waals surface area contributed by atoms with Crippen molar-refractivity contribution >= 4 is 17.3 Å². The van der Waals surface area contributed by atoms with Crippen LogP contribution in [0.15, 0.2) is 78.6 Å². The lowest BCUT2D eigenvalue weighted by atomic mass is 9.95. The zero-order valence-electron chi connectivity index (χ0n) is 18.4. The average Bonchev–Trinajstić information content (AvgIpc) is 2.80. The minimum Gasteiger partial charge on any atom is -0.485 e. The SMILES string of the molecule is C/C1=C(\c2ccccc2)C(C)Oc2c(C)cc(C)cc2C2C=Cc3ccccc3N2O1. The van der Waals surface area contributed by atoms with Crippen LogP contribution in [0.5, 0.6) is 5.75 Å².